The first kappa shape index (κ1) is 11.9. The van der Waals surface area contributed by atoms with Crippen LogP contribution in [0, 0.1) is 11.3 Å². The number of carbonyl (C=O) groups excluding carboxylic acids is 1. The van der Waals surface area contributed by atoms with Crippen LogP contribution in [0.25, 0.3) is 0 Å². The van der Waals surface area contributed by atoms with E-state index in [9.17, 15) is 4.79 Å². The van der Waals surface area contributed by atoms with Crippen molar-refractivity contribution in [3.05, 3.63) is 0 Å². The Hall–Kier alpha value is -0.610. The van der Waals surface area contributed by atoms with Gasteiger partial charge in [-0.2, -0.15) is 0 Å². The van der Waals surface area contributed by atoms with Crippen LogP contribution < -0.4 is 5.32 Å². The van der Waals surface area contributed by atoms with Crippen molar-refractivity contribution < 1.29 is 14.3 Å². The molecule has 2 fully saturated rings. The number of ether oxygens (including phenoxy) is 2. The molecule has 1 N–H and O–H groups in total. The van der Waals surface area contributed by atoms with E-state index in [0.29, 0.717) is 12.5 Å². The molecular formula is C12H21NO3. The van der Waals surface area contributed by atoms with Crippen molar-refractivity contribution in [1.29, 1.82) is 0 Å². The number of hydrogen-bond acceptors (Lipinski definition) is 4. The molecule has 4 heteroatoms. The summed E-state index contributed by atoms with van der Waals surface area (Å²) < 4.78 is 10.7. The van der Waals surface area contributed by atoms with Crippen LogP contribution in [0.2, 0.25) is 0 Å². The normalized spacial score (nSPS) is 28.9. The first-order valence-electron chi connectivity index (χ1n) is 6.16. The summed E-state index contributed by atoms with van der Waals surface area (Å²) in [4.78, 5) is 12.0. The molecule has 0 radical (unpaired) electrons. The molecule has 0 aliphatic carbocycles. The third-order valence-electron chi connectivity index (χ3n) is 3.67. The molecule has 0 aromatic carbocycles. The van der Waals surface area contributed by atoms with Gasteiger partial charge in [-0.25, -0.2) is 0 Å². The van der Waals surface area contributed by atoms with Gasteiger partial charge in [0, 0.05) is 12.5 Å². The molecule has 0 bridgehead atoms. The van der Waals surface area contributed by atoms with Gasteiger partial charge in [-0.05, 0) is 39.3 Å². The third kappa shape index (κ3) is 2.74. The predicted molar refractivity (Wildman–Crippen MR) is 60.1 cm³/mol. The number of nitrogens with one attached hydrogen (secondary N) is 1. The molecular weight excluding hydrogens is 206 g/mol. The molecule has 0 spiro atoms. The minimum Gasteiger partial charge on any atom is -0.465 e. The minimum absolute atomic E-state index is 0.0269. The highest BCUT2D eigenvalue weighted by Gasteiger charge is 2.36. The summed E-state index contributed by atoms with van der Waals surface area (Å²) in [6, 6.07) is 0. The Kier molecular flexibility index (Phi) is 3.82. The van der Waals surface area contributed by atoms with E-state index in [2.05, 4.69) is 5.32 Å². The Bertz CT molecular complexity index is 243. The third-order valence-corrected chi connectivity index (χ3v) is 3.67. The molecule has 2 rings (SSSR count). The molecule has 2 saturated heterocycles. The maximum Gasteiger partial charge on any atom is 0.311 e. The molecule has 2 aliphatic rings. The van der Waals surface area contributed by atoms with Crippen molar-refractivity contribution in [2.24, 2.45) is 11.3 Å². The Balaban J connectivity index is 1.77. The molecule has 0 aromatic rings. The number of esters is 1. The molecule has 16 heavy (non-hydrogen) atoms. The van der Waals surface area contributed by atoms with E-state index in [1.807, 2.05) is 6.92 Å². The first-order valence-corrected chi connectivity index (χ1v) is 6.16. The van der Waals surface area contributed by atoms with Crippen molar-refractivity contribution >= 4 is 5.97 Å². The highest BCUT2D eigenvalue weighted by Crippen LogP contribution is 2.29. The fraction of sp³-hybridized carbons (Fsp3) is 0.917. The van der Waals surface area contributed by atoms with E-state index in [1.165, 1.54) is 0 Å². The van der Waals surface area contributed by atoms with Gasteiger partial charge in [0.1, 0.15) is 0 Å². The average Bonchev–Trinajstić information content (AvgIpc) is 2.79. The number of rotatable bonds is 3. The van der Waals surface area contributed by atoms with Gasteiger partial charge < -0.3 is 14.8 Å². The van der Waals surface area contributed by atoms with E-state index in [-0.39, 0.29) is 11.4 Å². The van der Waals surface area contributed by atoms with Gasteiger partial charge in [-0.1, -0.05) is 0 Å². The van der Waals surface area contributed by atoms with Crippen LogP contribution in [0.1, 0.15) is 26.2 Å². The van der Waals surface area contributed by atoms with E-state index < -0.39 is 0 Å². The highest BCUT2D eigenvalue weighted by molar-refractivity contribution is 5.76. The van der Waals surface area contributed by atoms with Gasteiger partial charge in [0.25, 0.3) is 0 Å². The SMILES string of the molecule is CC1(C(=O)OCC2CCOC2)CCNCC1. The highest BCUT2D eigenvalue weighted by atomic mass is 16.5. The van der Waals surface area contributed by atoms with Gasteiger partial charge in [0.15, 0.2) is 0 Å². The zero-order valence-electron chi connectivity index (χ0n) is 9.96. The molecule has 92 valence electrons. The van der Waals surface area contributed by atoms with Crippen LogP contribution in [0.15, 0.2) is 0 Å². The zero-order valence-corrected chi connectivity index (χ0v) is 9.96. The molecule has 2 heterocycles. The summed E-state index contributed by atoms with van der Waals surface area (Å²) in [6.45, 7) is 5.93. The maximum absolute atomic E-state index is 12.0. The van der Waals surface area contributed by atoms with E-state index in [0.717, 1.165) is 45.6 Å². The molecule has 0 amide bonds. The molecule has 1 atom stereocenters. The van der Waals surface area contributed by atoms with Crippen LogP contribution in [0.5, 0.6) is 0 Å². The van der Waals surface area contributed by atoms with E-state index >= 15 is 0 Å². The summed E-state index contributed by atoms with van der Waals surface area (Å²) in [5.74, 6) is 0.384. The van der Waals surface area contributed by atoms with Gasteiger partial charge in [-0.15, -0.1) is 0 Å². The first-order chi connectivity index (χ1) is 7.71. The fourth-order valence-electron chi connectivity index (χ4n) is 2.27. The number of piperidine rings is 1. The summed E-state index contributed by atoms with van der Waals surface area (Å²) in [7, 11) is 0. The second-order valence-electron chi connectivity index (χ2n) is 5.14. The summed E-state index contributed by atoms with van der Waals surface area (Å²) >= 11 is 0. The molecule has 2 aliphatic heterocycles. The minimum atomic E-state index is -0.273. The lowest BCUT2D eigenvalue weighted by Crippen LogP contribution is -2.41. The average molecular weight is 227 g/mol. The zero-order chi connectivity index (χ0) is 11.4. The lowest BCUT2D eigenvalue weighted by molar-refractivity contribution is -0.157. The van der Waals surface area contributed by atoms with Gasteiger partial charge in [-0.3, -0.25) is 4.79 Å². The summed E-state index contributed by atoms with van der Waals surface area (Å²) in [5, 5.41) is 3.26. The van der Waals surface area contributed by atoms with Crippen LogP contribution in [-0.4, -0.2) is 38.9 Å². The van der Waals surface area contributed by atoms with Gasteiger partial charge >= 0.3 is 5.97 Å². The monoisotopic (exact) mass is 227 g/mol. The number of carbonyl (C=O) groups is 1. The topological polar surface area (TPSA) is 47.6 Å². The van der Waals surface area contributed by atoms with Crippen molar-refractivity contribution in [2.45, 2.75) is 26.2 Å². The van der Waals surface area contributed by atoms with E-state index in [4.69, 9.17) is 9.47 Å². The van der Waals surface area contributed by atoms with Gasteiger partial charge in [0.2, 0.25) is 0 Å². The van der Waals surface area contributed by atoms with Crippen LogP contribution in [0.3, 0.4) is 0 Å². The van der Waals surface area contributed by atoms with Crippen LogP contribution in [-0.2, 0) is 14.3 Å². The Morgan fingerprint density at radius 2 is 2.25 bits per heavy atom. The van der Waals surface area contributed by atoms with E-state index in [1.54, 1.807) is 0 Å². The Labute approximate surface area is 96.7 Å². The second kappa shape index (κ2) is 5.15. The summed E-state index contributed by atoms with van der Waals surface area (Å²) in [6.07, 6.45) is 2.78. The Morgan fingerprint density at radius 3 is 2.88 bits per heavy atom. The molecule has 4 nitrogen and oxygen atoms in total. The number of hydrogen-bond donors (Lipinski definition) is 1. The van der Waals surface area contributed by atoms with Crippen molar-refractivity contribution in [3.63, 3.8) is 0 Å². The molecule has 1 unspecified atom stereocenters. The van der Waals surface area contributed by atoms with Crippen LogP contribution in [0.4, 0.5) is 0 Å². The van der Waals surface area contributed by atoms with Gasteiger partial charge in [0.05, 0.1) is 18.6 Å². The summed E-state index contributed by atoms with van der Waals surface area (Å²) in [5.41, 5.74) is -0.273. The largest absolute Gasteiger partial charge is 0.465 e. The molecule has 0 aromatic heterocycles. The lowest BCUT2D eigenvalue weighted by Gasteiger charge is -2.31. The molecule has 0 saturated carbocycles. The standard InChI is InChI=1S/C12H21NO3/c1-12(3-5-13-6-4-12)11(14)16-9-10-2-7-15-8-10/h10,13H,2-9H2,1H3. The Morgan fingerprint density at radius 1 is 1.50 bits per heavy atom. The lowest BCUT2D eigenvalue weighted by atomic mass is 9.81. The quantitative estimate of drug-likeness (QED) is 0.729. The maximum atomic E-state index is 12.0. The van der Waals surface area contributed by atoms with Crippen LogP contribution >= 0.6 is 0 Å². The fourth-order valence-corrected chi connectivity index (χ4v) is 2.27. The second-order valence-corrected chi connectivity index (χ2v) is 5.14. The van der Waals surface area contributed by atoms with Crippen molar-refractivity contribution in [2.75, 3.05) is 32.9 Å². The predicted octanol–water partition coefficient (Wildman–Crippen LogP) is 0.956. The smallest absolute Gasteiger partial charge is 0.311 e. The van der Waals surface area contributed by atoms with Crippen molar-refractivity contribution in [1.82, 2.24) is 5.32 Å². The van der Waals surface area contributed by atoms with Crippen molar-refractivity contribution in [3.8, 4) is 0 Å².